The largest absolute Gasteiger partial charge is 0.441 e. The lowest BCUT2D eigenvalue weighted by atomic mass is 10.2. The highest BCUT2D eigenvalue weighted by molar-refractivity contribution is 5.77. The molecule has 0 spiro atoms. The van der Waals surface area contributed by atoms with Crippen LogP contribution in [0.25, 0.3) is 11.1 Å². The molecule has 0 aliphatic rings. The van der Waals surface area contributed by atoms with Gasteiger partial charge in [0.2, 0.25) is 0 Å². The van der Waals surface area contributed by atoms with Crippen LogP contribution in [-0.2, 0) is 0 Å². The molecule has 1 heterocycles. The zero-order valence-electron chi connectivity index (χ0n) is 10.4. The van der Waals surface area contributed by atoms with Crippen molar-refractivity contribution in [1.82, 2.24) is 10.3 Å². The molecule has 0 amide bonds. The monoisotopic (exact) mass is 233 g/mol. The van der Waals surface area contributed by atoms with Crippen LogP contribution in [0.5, 0.6) is 0 Å². The Morgan fingerprint density at radius 3 is 2.88 bits per heavy atom. The van der Waals surface area contributed by atoms with Crippen LogP contribution >= 0.6 is 0 Å². The number of hydrogen-bond acceptors (Lipinski definition) is 4. The smallest absolute Gasteiger partial charge is 0.192 e. The summed E-state index contributed by atoms with van der Waals surface area (Å²) in [6.07, 6.45) is 2.35. The maximum absolute atomic E-state index is 5.43. The molecule has 0 radical (unpaired) electrons. The third kappa shape index (κ3) is 3.20. The van der Waals surface area contributed by atoms with Gasteiger partial charge in [-0.05, 0) is 44.6 Å². The van der Waals surface area contributed by atoms with Gasteiger partial charge in [0.05, 0.1) is 0 Å². The summed E-state index contributed by atoms with van der Waals surface area (Å²) >= 11 is 0. The SMILES string of the molecule is CNCCCCNc1ccc2oc(C)nc2c1. The van der Waals surface area contributed by atoms with E-state index in [0.717, 1.165) is 36.3 Å². The highest BCUT2D eigenvalue weighted by Crippen LogP contribution is 2.19. The van der Waals surface area contributed by atoms with E-state index in [-0.39, 0.29) is 0 Å². The van der Waals surface area contributed by atoms with Crippen molar-refractivity contribution >= 4 is 16.8 Å². The number of benzene rings is 1. The Labute approximate surface area is 101 Å². The maximum Gasteiger partial charge on any atom is 0.192 e. The summed E-state index contributed by atoms with van der Waals surface area (Å²) in [5.74, 6) is 0.714. The molecule has 0 fully saturated rings. The van der Waals surface area contributed by atoms with E-state index in [1.807, 2.05) is 32.2 Å². The van der Waals surface area contributed by atoms with E-state index in [9.17, 15) is 0 Å². The second-order valence-corrected chi connectivity index (χ2v) is 4.15. The Kier molecular flexibility index (Phi) is 3.98. The molecule has 0 aliphatic heterocycles. The molecule has 0 bridgehead atoms. The molecular formula is C13H19N3O. The maximum atomic E-state index is 5.43. The van der Waals surface area contributed by atoms with E-state index in [1.54, 1.807) is 0 Å². The zero-order chi connectivity index (χ0) is 12.1. The molecule has 2 N–H and O–H groups in total. The van der Waals surface area contributed by atoms with Crippen molar-refractivity contribution in [3.63, 3.8) is 0 Å². The Bertz CT molecular complexity index is 478. The summed E-state index contributed by atoms with van der Waals surface area (Å²) in [6.45, 7) is 3.93. The van der Waals surface area contributed by atoms with Gasteiger partial charge >= 0.3 is 0 Å². The second-order valence-electron chi connectivity index (χ2n) is 4.15. The van der Waals surface area contributed by atoms with E-state index in [1.165, 1.54) is 6.42 Å². The number of rotatable bonds is 6. The number of nitrogens with one attached hydrogen (secondary N) is 2. The Balaban J connectivity index is 1.90. The lowest BCUT2D eigenvalue weighted by Crippen LogP contribution is -2.10. The lowest BCUT2D eigenvalue weighted by molar-refractivity contribution is 0.561. The summed E-state index contributed by atoms with van der Waals surface area (Å²) in [6, 6.07) is 6.03. The van der Waals surface area contributed by atoms with Crippen LogP contribution in [0.15, 0.2) is 22.6 Å². The second kappa shape index (κ2) is 5.68. The van der Waals surface area contributed by atoms with E-state index in [0.29, 0.717) is 5.89 Å². The van der Waals surface area contributed by atoms with Gasteiger partial charge in [-0.2, -0.15) is 0 Å². The zero-order valence-corrected chi connectivity index (χ0v) is 10.4. The van der Waals surface area contributed by atoms with Gasteiger partial charge < -0.3 is 15.1 Å². The minimum atomic E-state index is 0.714. The van der Waals surface area contributed by atoms with Crippen molar-refractivity contribution in [2.45, 2.75) is 19.8 Å². The predicted molar refractivity (Wildman–Crippen MR) is 70.4 cm³/mol. The molecule has 2 rings (SSSR count). The van der Waals surface area contributed by atoms with Gasteiger partial charge in [0.25, 0.3) is 0 Å². The van der Waals surface area contributed by atoms with Gasteiger partial charge in [0, 0.05) is 19.2 Å². The molecule has 1 aromatic carbocycles. The summed E-state index contributed by atoms with van der Waals surface area (Å²) in [4.78, 5) is 4.31. The number of hydrogen-bond donors (Lipinski definition) is 2. The molecular weight excluding hydrogens is 214 g/mol. The Hall–Kier alpha value is -1.55. The van der Waals surface area contributed by atoms with Crippen molar-refractivity contribution in [2.75, 3.05) is 25.5 Å². The number of unbranched alkanes of at least 4 members (excludes halogenated alkanes) is 1. The topological polar surface area (TPSA) is 50.1 Å². The quantitative estimate of drug-likeness (QED) is 0.753. The van der Waals surface area contributed by atoms with Crippen molar-refractivity contribution in [1.29, 1.82) is 0 Å². The molecule has 0 saturated heterocycles. The third-order valence-corrected chi connectivity index (χ3v) is 2.68. The number of oxazole rings is 1. The van der Waals surface area contributed by atoms with Crippen LogP contribution in [0.4, 0.5) is 5.69 Å². The van der Waals surface area contributed by atoms with Gasteiger partial charge in [-0.15, -0.1) is 0 Å². The number of anilines is 1. The summed E-state index contributed by atoms with van der Waals surface area (Å²) in [5.41, 5.74) is 2.88. The molecule has 4 heteroatoms. The third-order valence-electron chi connectivity index (χ3n) is 2.68. The standard InChI is InChI=1S/C13H19N3O/c1-10-16-12-9-11(5-6-13(12)17-10)15-8-4-3-7-14-2/h5-6,9,14-15H,3-4,7-8H2,1-2H3. The number of nitrogens with zero attached hydrogens (tertiary/aromatic N) is 1. The van der Waals surface area contributed by atoms with Crippen LogP contribution in [0.2, 0.25) is 0 Å². The van der Waals surface area contributed by atoms with Crippen molar-refractivity contribution in [3.05, 3.63) is 24.1 Å². The lowest BCUT2D eigenvalue weighted by Gasteiger charge is -2.05. The molecule has 0 aliphatic carbocycles. The molecule has 92 valence electrons. The molecule has 17 heavy (non-hydrogen) atoms. The van der Waals surface area contributed by atoms with Gasteiger partial charge in [0.15, 0.2) is 11.5 Å². The average molecular weight is 233 g/mol. The molecule has 0 saturated carbocycles. The minimum absolute atomic E-state index is 0.714. The minimum Gasteiger partial charge on any atom is -0.441 e. The van der Waals surface area contributed by atoms with Crippen LogP contribution in [0.3, 0.4) is 0 Å². The molecule has 0 unspecified atom stereocenters. The van der Waals surface area contributed by atoms with Crippen molar-refractivity contribution in [2.24, 2.45) is 0 Å². The van der Waals surface area contributed by atoms with Crippen LogP contribution in [0.1, 0.15) is 18.7 Å². The molecule has 1 aromatic heterocycles. The first-order valence-corrected chi connectivity index (χ1v) is 6.05. The molecule has 0 atom stereocenters. The van der Waals surface area contributed by atoms with Gasteiger partial charge in [-0.1, -0.05) is 0 Å². The van der Waals surface area contributed by atoms with Gasteiger partial charge in [-0.25, -0.2) is 4.98 Å². The van der Waals surface area contributed by atoms with E-state index < -0.39 is 0 Å². The van der Waals surface area contributed by atoms with E-state index in [2.05, 4.69) is 15.6 Å². The summed E-state index contributed by atoms with van der Waals surface area (Å²) in [7, 11) is 1.98. The normalized spacial score (nSPS) is 10.9. The van der Waals surface area contributed by atoms with Gasteiger partial charge in [-0.3, -0.25) is 0 Å². The number of fused-ring (bicyclic) bond motifs is 1. The van der Waals surface area contributed by atoms with Crippen molar-refractivity contribution < 1.29 is 4.42 Å². The average Bonchev–Trinajstić information content (AvgIpc) is 2.68. The fourth-order valence-electron chi connectivity index (χ4n) is 1.81. The van der Waals surface area contributed by atoms with E-state index >= 15 is 0 Å². The Morgan fingerprint density at radius 2 is 2.06 bits per heavy atom. The van der Waals surface area contributed by atoms with Gasteiger partial charge in [0.1, 0.15) is 5.52 Å². The number of aromatic nitrogens is 1. The highest BCUT2D eigenvalue weighted by Gasteiger charge is 2.02. The molecule has 4 nitrogen and oxygen atoms in total. The van der Waals surface area contributed by atoms with Crippen LogP contribution in [0, 0.1) is 6.92 Å². The fraction of sp³-hybridized carbons (Fsp3) is 0.462. The summed E-state index contributed by atoms with van der Waals surface area (Å²) in [5, 5.41) is 6.54. The predicted octanol–water partition coefficient (Wildman–Crippen LogP) is 2.55. The number of aryl methyl sites for hydroxylation is 1. The van der Waals surface area contributed by atoms with E-state index in [4.69, 9.17) is 4.42 Å². The first-order valence-electron chi connectivity index (χ1n) is 6.05. The summed E-state index contributed by atoms with van der Waals surface area (Å²) < 4.78 is 5.43. The van der Waals surface area contributed by atoms with Crippen LogP contribution < -0.4 is 10.6 Å². The highest BCUT2D eigenvalue weighted by atomic mass is 16.3. The van der Waals surface area contributed by atoms with Crippen LogP contribution in [-0.4, -0.2) is 25.1 Å². The first-order chi connectivity index (χ1) is 8.29. The van der Waals surface area contributed by atoms with Crippen molar-refractivity contribution in [3.8, 4) is 0 Å². The fourth-order valence-corrected chi connectivity index (χ4v) is 1.81. The molecule has 2 aromatic rings. The Morgan fingerprint density at radius 1 is 1.24 bits per heavy atom. The first kappa shape index (κ1) is 11.9.